The van der Waals surface area contributed by atoms with Gasteiger partial charge in [-0.25, -0.2) is 13.8 Å². The van der Waals surface area contributed by atoms with Crippen LogP contribution in [0.5, 0.6) is 11.5 Å². The van der Waals surface area contributed by atoms with Crippen LogP contribution in [0.15, 0.2) is 52.5 Å². The monoisotopic (exact) mass is 397 g/mol. The summed E-state index contributed by atoms with van der Waals surface area (Å²) in [5.74, 6) is -0.997. The fraction of sp³-hybridized carbons (Fsp3) is 0.125. The van der Waals surface area contributed by atoms with Gasteiger partial charge in [-0.2, -0.15) is 9.41 Å². The lowest BCUT2D eigenvalue weighted by Crippen LogP contribution is -2.36. The zero-order valence-corrected chi connectivity index (χ0v) is 15.2. The average Bonchev–Trinajstić information content (AvgIpc) is 2.57. The number of halogens is 1. The van der Waals surface area contributed by atoms with E-state index in [0.29, 0.717) is 5.02 Å². The second kappa shape index (κ2) is 8.17. The van der Waals surface area contributed by atoms with Gasteiger partial charge in [-0.15, -0.1) is 0 Å². The third-order valence-electron chi connectivity index (χ3n) is 3.29. The van der Waals surface area contributed by atoms with Crippen LogP contribution in [0.3, 0.4) is 0 Å². The number of nitrogens with zero attached hydrogens (tertiary/aromatic N) is 2. The molecule has 0 fully saturated rings. The van der Waals surface area contributed by atoms with Crippen molar-refractivity contribution in [1.29, 1.82) is 0 Å². The molecule has 0 unspecified atom stereocenters. The number of benzene rings is 2. The molecule has 0 aliphatic rings. The maximum atomic E-state index is 12.4. The largest absolute Gasteiger partial charge is 0.508 e. The SMILES string of the molecule is CN(CC(=O)N/N=C/c1ccc(O)cc1O)S(=O)(=O)c1ccc(Cl)cc1. The van der Waals surface area contributed by atoms with Crippen LogP contribution in [0.1, 0.15) is 5.56 Å². The molecule has 0 aliphatic heterocycles. The van der Waals surface area contributed by atoms with Gasteiger partial charge in [0.1, 0.15) is 11.5 Å². The molecule has 0 saturated heterocycles. The number of amides is 1. The summed E-state index contributed by atoms with van der Waals surface area (Å²) in [6.07, 6.45) is 1.17. The maximum Gasteiger partial charge on any atom is 0.255 e. The second-order valence-corrected chi connectivity index (χ2v) is 7.73. The van der Waals surface area contributed by atoms with E-state index in [2.05, 4.69) is 10.5 Å². The van der Waals surface area contributed by atoms with Crippen molar-refractivity contribution in [2.45, 2.75) is 4.90 Å². The van der Waals surface area contributed by atoms with E-state index in [1.54, 1.807) is 0 Å². The number of phenolic OH excluding ortho intramolecular Hbond substituents is 2. The van der Waals surface area contributed by atoms with Crippen molar-refractivity contribution in [2.75, 3.05) is 13.6 Å². The van der Waals surface area contributed by atoms with Crippen LogP contribution in [0.25, 0.3) is 0 Å². The summed E-state index contributed by atoms with van der Waals surface area (Å²) in [5.41, 5.74) is 2.43. The van der Waals surface area contributed by atoms with E-state index in [-0.39, 0.29) is 22.0 Å². The zero-order chi connectivity index (χ0) is 19.3. The number of phenols is 2. The fourth-order valence-corrected chi connectivity index (χ4v) is 3.18. The van der Waals surface area contributed by atoms with Crippen LogP contribution in [-0.4, -0.2) is 48.7 Å². The van der Waals surface area contributed by atoms with E-state index < -0.39 is 22.5 Å². The highest BCUT2D eigenvalue weighted by Crippen LogP contribution is 2.20. The molecule has 0 aliphatic carbocycles. The van der Waals surface area contributed by atoms with Gasteiger partial charge in [0.25, 0.3) is 5.91 Å². The van der Waals surface area contributed by atoms with Crippen molar-refractivity contribution in [3.8, 4) is 11.5 Å². The van der Waals surface area contributed by atoms with Crippen molar-refractivity contribution in [3.05, 3.63) is 53.1 Å². The van der Waals surface area contributed by atoms with Crippen molar-refractivity contribution in [3.63, 3.8) is 0 Å². The van der Waals surface area contributed by atoms with Gasteiger partial charge in [-0.1, -0.05) is 11.6 Å². The van der Waals surface area contributed by atoms with Crippen molar-refractivity contribution in [1.82, 2.24) is 9.73 Å². The van der Waals surface area contributed by atoms with Crippen molar-refractivity contribution < 1.29 is 23.4 Å². The number of aromatic hydroxyl groups is 2. The van der Waals surface area contributed by atoms with Crippen molar-refractivity contribution in [2.24, 2.45) is 5.10 Å². The molecule has 3 N–H and O–H groups in total. The Morgan fingerprint density at radius 2 is 1.88 bits per heavy atom. The van der Waals surface area contributed by atoms with E-state index in [0.717, 1.165) is 10.4 Å². The van der Waals surface area contributed by atoms with Crippen molar-refractivity contribution >= 4 is 33.7 Å². The predicted molar refractivity (Wildman–Crippen MR) is 96.8 cm³/mol. The number of nitrogens with one attached hydrogen (secondary N) is 1. The summed E-state index contributed by atoms with van der Waals surface area (Å²) in [7, 11) is -2.58. The van der Waals surface area contributed by atoms with Gasteiger partial charge < -0.3 is 10.2 Å². The van der Waals surface area contributed by atoms with Gasteiger partial charge in [-0.3, -0.25) is 4.79 Å². The predicted octanol–water partition coefficient (Wildman–Crippen LogP) is 1.52. The Morgan fingerprint density at radius 3 is 2.50 bits per heavy atom. The van der Waals surface area contributed by atoms with E-state index in [1.807, 2.05) is 0 Å². The first-order valence-corrected chi connectivity index (χ1v) is 9.08. The molecule has 0 radical (unpaired) electrons. The summed E-state index contributed by atoms with van der Waals surface area (Å²) >= 11 is 5.73. The molecule has 10 heteroatoms. The van der Waals surface area contributed by atoms with Gasteiger partial charge >= 0.3 is 0 Å². The van der Waals surface area contributed by atoms with Gasteiger partial charge in [0.15, 0.2) is 0 Å². The lowest BCUT2D eigenvalue weighted by atomic mass is 10.2. The Morgan fingerprint density at radius 1 is 1.23 bits per heavy atom. The summed E-state index contributed by atoms with van der Waals surface area (Å²) in [6.45, 7) is -0.455. The van der Waals surface area contributed by atoms with E-state index in [9.17, 15) is 23.4 Å². The maximum absolute atomic E-state index is 12.4. The highest BCUT2D eigenvalue weighted by atomic mass is 35.5. The molecule has 0 spiro atoms. The van der Waals surface area contributed by atoms with Gasteiger partial charge in [0.2, 0.25) is 10.0 Å². The third-order valence-corrected chi connectivity index (χ3v) is 5.36. The van der Waals surface area contributed by atoms with Crippen LogP contribution in [-0.2, 0) is 14.8 Å². The summed E-state index contributed by atoms with van der Waals surface area (Å²) in [5, 5.41) is 22.8. The second-order valence-electron chi connectivity index (χ2n) is 5.25. The molecule has 2 rings (SSSR count). The Kier molecular flexibility index (Phi) is 6.19. The first-order valence-electron chi connectivity index (χ1n) is 7.26. The Hall–Kier alpha value is -2.62. The average molecular weight is 398 g/mol. The molecular formula is C16H16ClN3O5S. The molecule has 0 saturated carbocycles. The summed E-state index contributed by atoms with van der Waals surface area (Å²) < 4.78 is 25.6. The van der Waals surface area contributed by atoms with Crippen LogP contribution in [0, 0.1) is 0 Å². The van der Waals surface area contributed by atoms with Crippen LogP contribution in [0.4, 0.5) is 0 Å². The minimum atomic E-state index is -3.85. The molecule has 0 bridgehead atoms. The summed E-state index contributed by atoms with van der Waals surface area (Å²) in [4.78, 5) is 11.9. The Labute approximate surface area is 155 Å². The molecule has 26 heavy (non-hydrogen) atoms. The Balaban J connectivity index is 1.98. The number of rotatable bonds is 6. The van der Waals surface area contributed by atoms with E-state index in [4.69, 9.17) is 11.6 Å². The lowest BCUT2D eigenvalue weighted by Gasteiger charge is -2.16. The molecule has 2 aromatic carbocycles. The quantitative estimate of drug-likeness (QED) is 0.504. The normalized spacial score (nSPS) is 11.8. The number of hydrogen-bond donors (Lipinski definition) is 3. The van der Waals surface area contributed by atoms with E-state index >= 15 is 0 Å². The topological polar surface area (TPSA) is 119 Å². The molecule has 0 atom stereocenters. The number of hydrogen-bond acceptors (Lipinski definition) is 6. The first kappa shape index (κ1) is 19.7. The van der Waals surface area contributed by atoms with Gasteiger partial charge in [-0.05, 0) is 36.4 Å². The highest BCUT2D eigenvalue weighted by Gasteiger charge is 2.22. The third kappa shape index (κ3) is 4.94. The molecule has 0 aromatic heterocycles. The Bertz CT molecular complexity index is 929. The minimum absolute atomic E-state index is 0.00900. The molecule has 1 amide bonds. The first-order chi connectivity index (χ1) is 12.2. The molecule has 138 valence electrons. The van der Waals surface area contributed by atoms with Crippen LogP contribution < -0.4 is 5.43 Å². The minimum Gasteiger partial charge on any atom is -0.508 e. The molecule has 0 heterocycles. The smallest absolute Gasteiger partial charge is 0.255 e. The van der Waals surface area contributed by atoms with E-state index in [1.165, 1.54) is 49.7 Å². The number of carbonyl (C=O) groups is 1. The zero-order valence-electron chi connectivity index (χ0n) is 13.6. The van der Waals surface area contributed by atoms with Gasteiger partial charge in [0, 0.05) is 23.7 Å². The number of carbonyl (C=O) groups excluding carboxylic acids is 1. The molecular weight excluding hydrogens is 382 g/mol. The standard InChI is InChI=1S/C16H16ClN3O5S/c1-20(26(24,25)14-6-3-12(17)4-7-14)10-16(23)19-18-9-11-2-5-13(21)8-15(11)22/h2-9,21-22H,10H2,1H3,(H,19,23)/b18-9+. The lowest BCUT2D eigenvalue weighted by molar-refractivity contribution is -0.121. The fourth-order valence-electron chi connectivity index (χ4n) is 1.92. The number of hydrazone groups is 1. The molecule has 2 aromatic rings. The molecule has 8 nitrogen and oxygen atoms in total. The van der Waals surface area contributed by atoms with Gasteiger partial charge in [0.05, 0.1) is 17.7 Å². The van der Waals surface area contributed by atoms with Crippen LogP contribution in [0.2, 0.25) is 5.02 Å². The highest BCUT2D eigenvalue weighted by molar-refractivity contribution is 7.89. The summed E-state index contributed by atoms with van der Waals surface area (Å²) in [6, 6.07) is 9.44. The number of likely N-dealkylation sites (N-methyl/N-ethyl adjacent to an activating group) is 1. The van der Waals surface area contributed by atoms with Crippen LogP contribution >= 0.6 is 11.6 Å². The number of sulfonamides is 1.